The van der Waals surface area contributed by atoms with Crippen LogP contribution in [-0.4, -0.2) is 33.4 Å². The zero-order valence-corrected chi connectivity index (χ0v) is 15.2. The number of ether oxygens (including phenoxy) is 1. The van der Waals surface area contributed by atoms with Crippen LogP contribution in [0.25, 0.3) is 0 Å². The molecule has 1 aromatic rings. The van der Waals surface area contributed by atoms with E-state index < -0.39 is 16.1 Å². The first-order chi connectivity index (χ1) is 11.8. The first kappa shape index (κ1) is 20.8. The highest BCUT2D eigenvalue weighted by Gasteiger charge is 2.15. The van der Waals surface area contributed by atoms with Gasteiger partial charge in [-0.05, 0) is 38.3 Å². The van der Waals surface area contributed by atoms with Crippen molar-refractivity contribution in [3.63, 3.8) is 0 Å². The molecule has 0 fully saturated rings. The Bertz CT molecular complexity index is 755. The predicted octanol–water partition coefficient (Wildman–Crippen LogP) is 2.71. The summed E-state index contributed by atoms with van der Waals surface area (Å²) in [6.45, 7) is 6.20. The molecule has 136 valence electrons. The Morgan fingerprint density at radius 3 is 2.36 bits per heavy atom. The molecule has 1 rings (SSSR count). The SMILES string of the molecule is C=C=C(CCCCOS(=O)(=O)c1ccc(C)cc1)C(=O)COC(C)=O. The van der Waals surface area contributed by atoms with E-state index >= 15 is 0 Å². The first-order valence-electron chi connectivity index (χ1n) is 7.78. The molecule has 0 N–H and O–H groups in total. The quantitative estimate of drug-likeness (QED) is 0.208. The molecule has 0 aromatic heterocycles. The van der Waals surface area contributed by atoms with E-state index in [0.717, 1.165) is 5.56 Å². The molecule has 0 atom stereocenters. The zero-order chi connectivity index (χ0) is 18.9. The van der Waals surface area contributed by atoms with Crippen LogP contribution in [0.1, 0.15) is 31.7 Å². The molecule has 25 heavy (non-hydrogen) atoms. The predicted molar refractivity (Wildman–Crippen MR) is 92.5 cm³/mol. The van der Waals surface area contributed by atoms with Crippen molar-refractivity contribution in [3.05, 3.63) is 47.7 Å². The van der Waals surface area contributed by atoms with Gasteiger partial charge in [0.2, 0.25) is 5.78 Å². The highest BCUT2D eigenvalue weighted by Crippen LogP contribution is 2.14. The van der Waals surface area contributed by atoms with Gasteiger partial charge in [0.05, 0.1) is 11.5 Å². The number of benzene rings is 1. The van der Waals surface area contributed by atoms with Crippen LogP contribution < -0.4 is 0 Å². The fourth-order valence-corrected chi connectivity index (χ4v) is 2.87. The number of Topliss-reactive ketones (excluding diaryl/α,β-unsaturated/α-hetero) is 1. The second-order valence-electron chi connectivity index (χ2n) is 5.41. The Balaban J connectivity index is 2.39. The molecule has 0 saturated heterocycles. The fourth-order valence-electron chi connectivity index (χ4n) is 1.93. The highest BCUT2D eigenvalue weighted by atomic mass is 32.2. The smallest absolute Gasteiger partial charge is 0.303 e. The highest BCUT2D eigenvalue weighted by molar-refractivity contribution is 7.86. The normalized spacial score (nSPS) is 10.8. The second-order valence-corrected chi connectivity index (χ2v) is 7.02. The molecule has 0 bridgehead atoms. The van der Waals surface area contributed by atoms with E-state index in [-0.39, 0.29) is 23.9 Å². The van der Waals surface area contributed by atoms with E-state index in [1.807, 2.05) is 6.92 Å². The van der Waals surface area contributed by atoms with Gasteiger partial charge in [0, 0.05) is 12.5 Å². The molecular formula is C18H22O6S. The number of hydrogen-bond donors (Lipinski definition) is 0. The summed E-state index contributed by atoms with van der Waals surface area (Å²) in [7, 11) is -3.78. The average Bonchev–Trinajstić information content (AvgIpc) is 2.56. The van der Waals surface area contributed by atoms with Crippen LogP contribution in [0.4, 0.5) is 0 Å². The summed E-state index contributed by atoms with van der Waals surface area (Å²) in [5.41, 5.74) is 3.81. The number of ketones is 1. The third kappa shape index (κ3) is 7.47. The topological polar surface area (TPSA) is 86.7 Å². The molecule has 0 radical (unpaired) electrons. The van der Waals surface area contributed by atoms with Crippen molar-refractivity contribution in [2.75, 3.05) is 13.2 Å². The zero-order valence-electron chi connectivity index (χ0n) is 14.4. The maximum Gasteiger partial charge on any atom is 0.303 e. The Kier molecular flexibility index (Phi) is 8.28. The van der Waals surface area contributed by atoms with Crippen molar-refractivity contribution in [2.24, 2.45) is 0 Å². The van der Waals surface area contributed by atoms with E-state index in [1.165, 1.54) is 19.1 Å². The van der Waals surface area contributed by atoms with E-state index in [4.69, 9.17) is 4.18 Å². The van der Waals surface area contributed by atoms with Crippen molar-refractivity contribution in [2.45, 2.75) is 38.0 Å². The van der Waals surface area contributed by atoms with E-state index in [9.17, 15) is 18.0 Å². The number of rotatable bonds is 10. The van der Waals surface area contributed by atoms with Crippen LogP contribution in [0.15, 0.2) is 47.0 Å². The number of hydrogen-bond acceptors (Lipinski definition) is 6. The van der Waals surface area contributed by atoms with Gasteiger partial charge in [-0.2, -0.15) is 8.42 Å². The first-order valence-corrected chi connectivity index (χ1v) is 9.18. The Labute approximate surface area is 148 Å². The lowest BCUT2D eigenvalue weighted by Gasteiger charge is -2.07. The summed E-state index contributed by atoms with van der Waals surface area (Å²) < 4.78 is 33.6. The summed E-state index contributed by atoms with van der Waals surface area (Å²) >= 11 is 0. The molecule has 0 aliphatic carbocycles. The largest absolute Gasteiger partial charge is 0.457 e. The number of carbonyl (C=O) groups excluding carboxylic acids is 2. The van der Waals surface area contributed by atoms with Gasteiger partial charge in [-0.25, -0.2) is 0 Å². The van der Waals surface area contributed by atoms with Gasteiger partial charge in [0.15, 0.2) is 6.61 Å². The molecule has 1 aromatic carbocycles. The molecule has 0 heterocycles. The van der Waals surface area contributed by atoms with Crippen molar-refractivity contribution >= 4 is 21.9 Å². The molecule has 0 aliphatic rings. The molecular weight excluding hydrogens is 344 g/mol. The molecule has 7 heteroatoms. The number of aryl methyl sites for hydroxylation is 1. The summed E-state index contributed by atoms with van der Waals surface area (Å²) in [5.74, 6) is -0.898. The number of esters is 1. The third-order valence-corrected chi connectivity index (χ3v) is 4.65. The van der Waals surface area contributed by atoms with Crippen LogP contribution in [0.3, 0.4) is 0 Å². The lowest BCUT2D eigenvalue weighted by molar-refractivity contribution is -0.144. The average molecular weight is 366 g/mol. The number of carbonyl (C=O) groups is 2. The van der Waals surface area contributed by atoms with Gasteiger partial charge in [-0.1, -0.05) is 24.3 Å². The van der Waals surface area contributed by atoms with E-state index in [1.54, 1.807) is 12.1 Å². The summed E-state index contributed by atoms with van der Waals surface area (Å²) in [6.07, 6.45) is 1.32. The van der Waals surface area contributed by atoms with Crippen LogP contribution in [-0.2, 0) is 28.6 Å². The van der Waals surface area contributed by atoms with Gasteiger partial charge >= 0.3 is 5.97 Å². The van der Waals surface area contributed by atoms with Crippen LogP contribution in [0, 0.1) is 6.92 Å². The molecule has 0 unspecified atom stereocenters. The minimum atomic E-state index is -3.78. The molecule has 0 amide bonds. The summed E-state index contributed by atoms with van der Waals surface area (Å²) in [6, 6.07) is 6.39. The fraction of sp³-hybridized carbons (Fsp3) is 0.389. The maximum absolute atomic E-state index is 12.0. The lowest BCUT2D eigenvalue weighted by Crippen LogP contribution is -2.13. The van der Waals surface area contributed by atoms with E-state index in [0.29, 0.717) is 24.8 Å². The van der Waals surface area contributed by atoms with Crippen molar-refractivity contribution in [1.82, 2.24) is 0 Å². The Morgan fingerprint density at radius 2 is 1.80 bits per heavy atom. The molecule has 0 spiro atoms. The van der Waals surface area contributed by atoms with Crippen molar-refractivity contribution in [3.8, 4) is 0 Å². The Morgan fingerprint density at radius 1 is 1.16 bits per heavy atom. The van der Waals surface area contributed by atoms with Crippen LogP contribution in [0.5, 0.6) is 0 Å². The lowest BCUT2D eigenvalue weighted by atomic mass is 10.1. The van der Waals surface area contributed by atoms with Gasteiger partial charge in [0.1, 0.15) is 0 Å². The maximum atomic E-state index is 12.0. The van der Waals surface area contributed by atoms with E-state index in [2.05, 4.69) is 17.0 Å². The molecule has 0 saturated carbocycles. The molecule has 0 aliphatic heterocycles. The molecule has 6 nitrogen and oxygen atoms in total. The third-order valence-electron chi connectivity index (χ3n) is 3.33. The van der Waals surface area contributed by atoms with Gasteiger partial charge in [-0.15, -0.1) is 5.73 Å². The summed E-state index contributed by atoms with van der Waals surface area (Å²) in [4.78, 5) is 22.6. The number of unbranched alkanes of at least 4 members (excludes halogenated alkanes) is 1. The van der Waals surface area contributed by atoms with Crippen molar-refractivity contribution in [1.29, 1.82) is 0 Å². The second kappa shape index (κ2) is 9.93. The minimum absolute atomic E-state index is 0.0127. The van der Waals surface area contributed by atoms with Gasteiger partial charge < -0.3 is 4.74 Å². The van der Waals surface area contributed by atoms with Crippen LogP contribution >= 0.6 is 0 Å². The minimum Gasteiger partial charge on any atom is -0.457 e. The van der Waals surface area contributed by atoms with Crippen molar-refractivity contribution < 1.29 is 26.9 Å². The van der Waals surface area contributed by atoms with Gasteiger partial charge in [-0.3, -0.25) is 13.8 Å². The summed E-state index contributed by atoms with van der Waals surface area (Å²) in [5, 5.41) is 0. The monoisotopic (exact) mass is 366 g/mol. The van der Waals surface area contributed by atoms with Gasteiger partial charge in [0.25, 0.3) is 10.1 Å². The Hall–Kier alpha value is -2.21. The van der Waals surface area contributed by atoms with Crippen LogP contribution in [0.2, 0.25) is 0 Å². The standard InChI is InChI=1S/C18H22O6S/c1-4-16(18(20)13-23-15(3)19)7-5-6-12-24-25(21,22)17-10-8-14(2)9-11-17/h8-11H,1,5-7,12-13H2,2-3H3.